The van der Waals surface area contributed by atoms with Gasteiger partial charge in [0.05, 0.1) is 6.20 Å². The van der Waals surface area contributed by atoms with E-state index in [2.05, 4.69) is 35.0 Å². The summed E-state index contributed by atoms with van der Waals surface area (Å²) in [4.78, 5) is 35.9. The smallest absolute Gasteiger partial charge is 0.410 e. The average Bonchev–Trinajstić information content (AvgIpc) is 2.91. The lowest BCUT2D eigenvalue weighted by Crippen LogP contribution is -2.49. The minimum atomic E-state index is -0.489. The molecular formula is C31H43FN4O4. The lowest BCUT2D eigenvalue weighted by atomic mass is 9.86. The van der Waals surface area contributed by atoms with Crippen molar-refractivity contribution in [1.82, 2.24) is 14.8 Å². The van der Waals surface area contributed by atoms with Crippen LogP contribution in [0.4, 0.5) is 14.9 Å². The Morgan fingerprint density at radius 3 is 2.33 bits per heavy atom. The Morgan fingerprint density at radius 1 is 1.05 bits per heavy atom. The fourth-order valence-corrected chi connectivity index (χ4v) is 5.40. The van der Waals surface area contributed by atoms with Crippen LogP contribution in [0.5, 0.6) is 5.88 Å². The maximum absolute atomic E-state index is 13.5. The number of pyridine rings is 1. The largest absolute Gasteiger partial charge is 0.474 e. The number of hydrogen-bond donors (Lipinski definition) is 0. The summed E-state index contributed by atoms with van der Waals surface area (Å²) in [5.74, 6) is 0.156. The van der Waals surface area contributed by atoms with Gasteiger partial charge in [0.1, 0.15) is 17.5 Å². The fourth-order valence-electron chi connectivity index (χ4n) is 5.40. The third-order valence-electron chi connectivity index (χ3n) is 7.65. The van der Waals surface area contributed by atoms with Gasteiger partial charge in [0.15, 0.2) is 0 Å². The molecule has 2 aromatic rings. The quantitative estimate of drug-likeness (QED) is 0.445. The van der Waals surface area contributed by atoms with E-state index >= 15 is 0 Å². The number of aryl methyl sites for hydroxylation is 1. The molecule has 0 radical (unpaired) electrons. The standard InChI is InChI=1S/C31H43FN4O4/c1-6-36(29(37)23-8-12-27(13-9-23)39-28-14-10-25(32)20-33-28)26-11-7-24(22(2)19-26)21-34-15-17-35(18-16-34)30(38)40-31(3,4)5/h7,10-11,14,19-20,23,27H,6,8-9,12-13,15-18,21H2,1-5H3/t23-,27-. The third kappa shape index (κ3) is 7.93. The first kappa shape index (κ1) is 29.8. The number of carbonyl (C=O) groups is 2. The Kier molecular flexibility index (Phi) is 9.66. The van der Waals surface area contributed by atoms with Crippen LogP contribution in [0.3, 0.4) is 0 Å². The first-order valence-corrected chi connectivity index (χ1v) is 14.4. The molecule has 40 heavy (non-hydrogen) atoms. The van der Waals surface area contributed by atoms with Crippen molar-refractivity contribution in [2.75, 3.05) is 37.6 Å². The van der Waals surface area contributed by atoms with E-state index in [0.29, 0.717) is 25.5 Å². The number of halogens is 1. The Balaban J connectivity index is 1.28. The number of nitrogens with zero attached hydrogens (tertiary/aromatic N) is 4. The van der Waals surface area contributed by atoms with Crippen LogP contribution in [0.1, 0.15) is 64.5 Å². The number of anilines is 1. The van der Waals surface area contributed by atoms with Gasteiger partial charge in [0.25, 0.3) is 0 Å². The molecule has 1 aromatic heterocycles. The summed E-state index contributed by atoms with van der Waals surface area (Å²) in [6.45, 7) is 14.1. The number of ether oxygens (including phenoxy) is 2. The highest BCUT2D eigenvalue weighted by atomic mass is 19.1. The van der Waals surface area contributed by atoms with Gasteiger partial charge >= 0.3 is 6.09 Å². The number of amides is 2. The van der Waals surface area contributed by atoms with Crippen molar-refractivity contribution in [3.63, 3.8) is 0 Å². The van der Waals surface area contributed by atoms with Crippen LogP contribution in [-0.4, -0.2) is 71.2 Å². The Labute approximate surface area is 237 Å². The molecule has 0 unspecified atom stereocenters. The summed E-state index contributed by atoms with van der Waals surface area (Å²) in [6, 6.07) is 9.18. The Bertz CT molecular complexity index is 1150. The van der Waals surface area contributed by atoms with Gasteiger partial charge in [-0.3, -0.25) is 9.69 Å². The van der Waals surface area contributed by atoms with E-state index in [0.717, 1.165) is 62.8 Å². The lowest BCUT2D eigenvalue weighted by Gasteiger charge is -2.36. The van der Waals surface area contributed by atoms with E-state index in [4.69, 9.17) is 9.47 Å². The summed E-state index contributed by atoms with van der Waals surface area (Å²) < 4.78 is 24.5. The summed E-state index contributed by atoms with van der Waals surface area (Å²) in [7, 11) is 0. The van der Waals surface area contributed by atoms with Gasteiger partial charge < -0.3 is 19.3 Å². The van der Waals surface area contributed by atoms with Crippen molar-refractivity contribution < 1.29 is 23.5 Å². The molecular weight excluding hydrogens is 511 g/mol. The van der Waals surface area contributed by atoms with Gasteiger partial charge in [-0.15, -0.1) is 0 Å². The van der Waals surface area contributed by atoms with Gasteiger partial charge in [-0.25, -0.2) is 14.2 Å². The van der Waals surface area contributed by atoms with Crippen LogP contribution in [-0.2, 0) is 16.1 Å². The van der Waals surface area contributed by atoms with Crippen LogP contribution in [0, 0.1) is 18.7 Å². The highest BCUT2D eigenvalue weighted by Gasteiger charge is 2.31. The number of piperazine rings is 1. The van der Waals surface area contributed by atoms with Gasteiger partial charge in [0, 0.05) is 56.9 Å². The molecule has 1 saturated heterocycles. The highest BCUT2D eigenvalue weighted by molar-refractivity contribution is 5.95. The molecule has 1 aliphatic heterocycles. The number of aromatic nitrogens is 1. The van der Waals surface area contributed by atoms with Crippen molar-refractivity contribution in [3.05, 3.63) is 53.5 Å². The number of rotatable bonds is 7. The highest BCUT2D eigenvalue weighted by Crippen LogP contribution is 2.31. The number of carbonyl (C=O) groups excluding carboxylic acids is 2. The zero-order valence-corrected chi connectivity index (χ0v) is 24.5. The van der Waals surface area contributed by atoms with Crippen molar-refractivity contribution in [2.24, 2.45) is 5.92 Å². The van der Waals surface area contributed by atoms with Gasteiger partial charge in [0.2, 0.25) is 11.8 Å². The second-order valence-corrected chi connectivity index (χ2v) is 11.8. The minimum Gasteiger partial charge on any atom is -0.474 e. The van der Waals surface area contributed by atoms with E-state index in [1.54, 1.807) is 11.0 Å². The van der Waals surface area contributed by atoms with E-state index in [1.807, 2.05) is 32.6 Å². The predicted molar refractivity (Wildman–Crippen MR) is 153 cm³/mol. The third-order valence-corrected chi connectivity index (χ3v) is 7.65. The minimum absolute atomic E-state index is 0.00961. The van der Waals surface area contributed by atoms with E-state index in [-0.39, 0.29) is 29.8 Å². The molecule has 2 fully saturated rings. The molecule has 0 atom stereocenters. The van der Waals surface area contributed by atoms with Crippen molar-refractivity contribution in [2.45, 2.75) is 78.6 Å². The normalized spacial score (nSPS) is 20.2. The first-order chi connectivity index (χ1) is 19.0. The summed E-state index contributed by atoms with van der Waals surface area (Å²) >= 11 is 0. The number of benzene rings is 1. The van der Waals surface area contributed by atoms with Crippen LogP contribution in [0.25, 0.3) is 0 Å². The molecule has 4 rings (SSSR count). The molecule has 1 saturated carbocycles. The molecule has 2 aliphatic rings. The second kappa shape index (κ2) is 13.0. The predicted octanol–water partition coefficient (Wildman–Crippen LogP) is 5.57. The van der Waals surface area contributed by atoms with Crippen LogP contribution in [0.2, 0.25) is 0 Å². The summed E-state index contributed by atoms with van der Waals surface area (Å²) in [6.07, 6.45) is 3.95. The van der Waals surface area contributed by atoms with Gasteiger partial charge in [-0.2, -0.15) is 0 Å². The van der Waals surface area contributed by atoms with Crippen molar-refractivity contribution in [3.8, 4) is 5.88 Å². The molecule has 1 aliphatic carbocycles. The molecule has 0 bridgehead atoms. The van der Waals surface area contributed by atoms with Crippen LogP contribution in [0.15, 0.2) is 36.5 Å². The van der Waals surface area contributed by atoms with Crippen LogP contribution >= 0.6 is 0 Å². The molecule has 0 spiro atoms. The first-order valence-electron chi connectivity index (χ1n) is 14.4. The lowest BCUT2D eigenvalue weighted by molar-refractivity contribution is -0.123. The molecule has 8 nitrogen and oxygen atoms in total. The van der Waals surface area contributed by atoms with E-state index in [9.17, 15) is 14.0 Å². The second-order valence-electron chi connectivity index (χ2n) is 11.8. The number of hydrogen-bond acceptors (Lipinski definition) is 6. The van der Waals surface area contributed by atoms with Crippen molar-refractivity contribution in [1.29, 1.82) is 0 Å². The summed E-state index contributed by atoms with van der Waals surface area (Å²) in [5, 5.41) is 0. The zero-order chi connectivity index (χ0) is 28.9. The Hall–Kier alpha value is -3.20. The van der Waals surface area contributed by atoms with Gasteiger partial charge in [-0.05, 0) is 89.6 Å². The Morgan fingerprint density at radius 2 is 1.75 bits per heavy atom. The van der Waals surface area contributed by atoms with E-state index in [1.165, 1.54) is 11.6 Å². The van der Waals surface area contributed by atoms with Crippen molar-refractivity contribution >= 4 is 17.7 Å². The molecule has 2 amide bonds. The molecule has 0 N–H and O–H groups in total. The maximum Gasteiger partial charge on any atom is 0.410 e. The van der Waals surface area contributed by atoms with Gasteiger partial charge in [-0.1, -0.05) is 6.07 Å². The fraction of sp³-hybridized carbons (Fsp3) is 0.581. The SMILES string of the molecule is CCN(c1ccc(CN2CCN(C(=O)OC(C)(C)C)CC2)c(C)c1)C(=O)[C@H]1CC[C@H](Oc2ccc(F)cn2)CC1. The maximum atomic E-state index is 13.5. The molecule has 9 heteroatoms. The molecule has 1 aromatic carbocycles. The monoisotopic (exact) mass is 554 g/mol. The molecule has 218 valence electrons. The van der Waals surface area contributed by atoms with E-state index < -0.39 is 5.60 Å². The summed E-state index contributed by atoms with van der Waals surface area (Å²) in [5.41, 5.74) is 2.82. The molecule has 2 heterocycles. The zero-order valence-electron chi connectivity index (χ0n) is 24.5. The van der Waals surface area contributed by atoms with Crippen LogP contribution < -0.4 is 9.64 Å². The average molecular weight is 555 g/mol. The topological polar surface area (TPSA) is 75.2 Å².